The van der Waals surface area contributed by atoms with E-state index in [1.54, 1.807) is 30.3 Å². The number of aromatic nitrogens is 4. The molecule has 0 aliphatic carbocycles. The second-order valence-corrected chi connectivity index (χ2v) is 7.50. The summed E-state index contributed by atoms with van der Waals surface area (Å²) in [5, 5.41) is 5.01. The van der Waals surface area contributed by atoms with Crippen LogP contribution in [-0.2, 0) is 11.3 Å². The van der Waals surface area contributed by atoms with Crippen molar-refractivity contribution in [3.8, 4) is 11.5 Å². The average molecular weight is 437 g/mol. The topological polar surface area (TPSA) is 108 Å². The van der Waals surface area contributed by atoms with Gasteiger partial charge in [0.1, 0.15) is 28.5 Å². The minimum Gasteiger partial charge on any atom is -0.382 e. The number of nitrogen functional groups attached to an aromatic ring is 2. The normalized spacial score (nSPS) is 14.2. The first-order valence-corrected chi connectivity index (χ1v) is 10.2. The zero-order valence-corrected chi connectivity index (χ0v) is 17.1. The molecule has 0 spiro atoms. The Hall–Kier alpha value is -3.79. The Kier molecular flexibility index (Phi) is 5.06. The molecule has 1 saturated heterocycles. The number of anilines is 3. The van der Waals surface area contributed by atoms with Crippen molar-refractivity contribution in [1.82, 2.24) is 19.7 Å². The van der Waals surface area contributed by atoms with Gasteiger partial charge in [-0.25, -0.2) is 18.7 Å². The minimum absolute atomic E-state index is 0.0426. The second kappa shape index (κ2) is 8.04. The lowest BCUT2D eigenvalue weighted by atomic mass is 10.1. The van der Waals surface area contributed by atoms with Crippen molar-refractivity contribution < 1.29 is 13.5 Å². The van der Waals surface area contributed by atoms with E-state index in [0.29, 0.717) is 48.6 Å². The number of hydrogen-bond acceptors (Lipinski definition) is 7. The van der Waals surface area contributed by atoms with Crippen LogP contribution in [0, 0.1) is 11.6 Å². The number of rotatable bonds is 4. The van der Waals surface area contributed by atoms with Crippen LogP contribution in [0.15, 0.2) is 42.5 Å². The number of halogens is 2. The molecule has 10 heteroatoms. The molecule has 0 atom stereocenters. The van der Waals surface area contributed by atoms with Crippen molar-refractivity contribution in [2.75, 3.05) is 42.7 Å². The summed E-state index contributed by atoms with van der Waals surface area (Å²) in [7, 11) is 0. The number of benzene rings is 2. The van der Waals surface area contributed by atoms with E-state index >= 15 is 0 Å². The van der Waals surface area contributed by atoms with E-state index in [0.717, 1.165) is 0 Å². The van der Waals surface area contributed by atoms with Gasteiger partial charge in [0.2, 0.25) is 0 Å². The maximum absolute atomic E-state index is 14.8. The van der Waals surface area contributed by atoms with Crippen LogP contribution in [0.25, 0.3) is 22.4 Å². The number of nitrogens with two attached hydrogens (primary N) is 2. The van der Waals surface area contributed by atoms with Crippen LogP contribution in [0.3, 0.4) is 0 Å². The maximum Gasteiger partial charge on any atom is 0.184 e. The number of nitrogens with zero attached hydrogens (tertiary/aromatic N) is 5. The van der Waals surface area contributed by atoms with Crippen LogP contribution >= 0.6 is 0 Å². The van der Waals surface area contributed by atoms with Gasteiger partial charge in [-0.05, 0) is 12.1 Å². The summed E-state index contributed by atoms with van der Waals surface area (Å²) in [6, 6.07) is 10.9. The van der Waals surface area contributed by atoms with Gasteiger partial charge in [-0.3, -0.25) is 4.68 Å². The van der Waals surface area contributed by atoms with E-state index in [2.05, 4.69) is 15.1 Å². The van der Waals surface area contributed by atoms with Crippen LogP contribution in [-0.4, -0.2) is 46.1 Å². The highest BCUT2D eigenvalue weighted by Crippen LogP contribution is 2.34. The van der Waals surface area contributed by atoms with Crippen molar-refractivity contribution in [3.05, 3.63) is 59.7 Å². The first-order chi connectivity index (χ1) is 15.5. The number of hydrogen-bond donors (Lipinski definition) is 2. The van der Waals surface area contributed by atoms with Crippen LogP contribution in [0.5, 0.6) is 0 Å². The molecule has 1 fully saturated rings. The van der Waals surface area contributed by atoms with Crippen LogP contribution in [0.2, 0.25) is 0 Å². The van der Waals surface area contributed by atoms with Gasteiger partial charge in [-0.2, -0.15) is 5.10 Å². The first-order valence-electron chi connectivity index (χ1n) is 10.2. The highest BCUT2D eigenvalue weighted by Gasteiger charge is 2.23. The van der Waals surface area contributed by atoms with Gasteiger partial charge in [-0.1, -0.05) is 30.3 Å². The maximum atomic E-state index is 14.8. The summed E-state index contributed by atoms with van der Waals surface area (Å²) < 4.78 is 35.8. The molecule has 8 nitrogen and oxygen atoms in total. The van der Waals surface area contributed by atoms with Crippen molar-refractivity contribution in [2.24, 2.45) is 0 Å². The minimum atomic E-state index is -0.483. The standard InChI is InChI=1S/C22H21F2N7O/c23-15-6-2-1-4-13(15)12-31-18-14(5-3-7-16(18)24)17(29-31)22-27-20(25)19(21(26)28-22)30-8-10-32-11-9-30/h1-7H,8-12H2,(H4,25,26,27,28). The third-order valence-electron chi connectivity index (χ3n) is 5.48. The average Bonchev–Trinajstić information content (AvgIpc) is 3.15. The molecule has 0 unspecified atom stereocenters. The van der Waals surface area contributed by atoms with E-state index in [1.165, 1.54) is 16.8 Å². The van der Waals surface area contributed by atoms with E-state index < -0.39 is 11.6 Å². The summed E-state index contributed by atoms with van der Waals surface area (Å²) in [6.07, 6.45) is 0. The third kappa shape index (κ3) is 3.48. The Morgan fingerprint density at radius 1 is 0.906 bits per heavy atom. The van der Waals surface area contributed by atoms with Crippen molar-refractivity contribution in [2.45, 2.75) is 6.54 Å². The van der Waals surface area contributed by atoms with Gasteiger partial charge in [-0.15, -0.1) is 0 Å². The quantitative estimate of drug-likeness (QED) is 0.505. The number of morpholine rings is 1. The van der Waals surface area contributed by atoms with E-state index in [-0.39, 0.29) is 29.5 Å². The van der Waals surface area contributed by atoms with E-state index in [1.807, 2.05) is 4.90 Å². The summed E-state index contributed by atoms with van der Waals surface area (Å²) in [4.78, 5) is 10.8. The van der Waals surface area contributed by atoms with Crippen LogP contribution in [0.1, 0.15) is 5.56 Å². The Bertz CT molecular complexity index is 1280. The molecule has 5 rings (SSSR count). The molecule has 32 heavy (non-hydrogen) atoms. The van der Waals surface area contributed by atoms with Gasteiger partial charge in [0.25, 0.3) is 0 Å². The number of para-hydroxylation sites is 1. The predicted octanol–water partition coefficient (Wildman–Crippen LogP) is 2.82. The van der Waals surface area contributed by atoms with Crippen LogP contribution in [0.4, 0.5) is 26.1 Å². The number of fused-ring (bicyclic) bond motifs is 1. The Morgan fingerprint density at radius 2 is 1.59 bits per heavy atom. The van der Waals surface area contributed by atoms with E-state index in [9.17, 15) is 8.78 Å². The van der Waals surface area contributed by atoms with E-state index in [4.69, 9.17) is 16.2 Å². The Morgan fingerprint density at radius 3 is 2.31 bits per heavy atom. The lowest BCUT2D eigenvalue weighted by Gasteiger charge is -2.29. The summed E-state index contributed by atoms with van der Waals surface area (Å²) in [5.74, 6) is -0.276. The fourth-order valence-electron chi connectivity index (χ4n) is 3.97. The molecule has 1 aliphatic heterocycles. The SMILES string of the molecule is Nc1nc(-c2nn(Cc3ccccc3F)c3c(F)cccc23)nc(N)c1N1CCOCC1. The smallest absolute Gasteiger partial charge is 0.184 e. The molecule has 4 aromatic rings. The van der Waals surface area contributed by atoms with Gasteiger partial charge < -0.3 is 21.1 Å². The Balaban J connectivity index is 1.62. The summed E-state index contributed by atoms with van der Waals surface area (Å²) in [5.41, 5.74) is 14.0. The molecule has 2 aromatic carbocycles. The molecule has 164 valence electrons. The fourth-order valence-corrected chi connectivity index (χ4v) is 3.97. The fraction of sp³-hybridized carbons (Fsp3) is 0.227. The summed E-state index contributed by atoms with van der Waals surface area (Å²) in [6.45, 7) is 2.42. The van der Waals surface area contributed by atoms with Crippen molar-refractivity contribution in [1.29, 1.82) is 0 Å². The first kappa shape index (κ1) is 20.1. The van der Waals surface area contributed by atoms with Crippen molar-refractivity contribution >= 4 is 28.2 Å². The summed E-state index contributed by atoms with van der Waals surface area (Å²) >= 11 is 0. The number of ether oxygens (including phenoxy) is 1. The van der Waals surface area contributed by atoms with Gasteiger partial charge in [0.05, 0.1) is 19.8 Å². The predicted molar refractivity (Wildman–Crippen MR) is 118 cm³/mol. The molecular weight excluding hydrogens is 416 g/mol. The lowest BCUT2D eigenvalue weighted by Crippen LogP contribution is -2.37. The van der Waals surface area contributed by atoms with Crippen LogP contribution < -0.4 is 16.4 Å². The van der Waals surface area contributed by atoms with Gasteiger partial charge in [0.15, 0.2) is 17.5 Å². The molecule has 0 bridgehead atoms. The molecule has 0 amide bonds. The van der Waals surface area contributed by atoms with Gasteiger partial charge >= 0.3 is 0 Å². The zero-order chi connectivity index (χ0) is 22.2. The second-order valence-electron chi connectivity index (χ2n) is 7.50. The van der Waals surface area contributed by atoms with Crippen molar-refractivity contribution in [3.63, 3.8) is 0 Å². The molecule has 2 aromatic heterocycles. The van der Waals surface area contributed by atoms with Gasteiger partial charge in [0, 0.05) is 24.0 Å². The zero-order valence-electron chi connectivity index (χ0n) is 17.1. The molecular formula is C22H21F2N7O. The highest BCUT2D eigenvalue weighted by molar-refractivity contribution is 5.93. The molecule has 0 radical (unpaired) electrons. The largest absolute Gasteiger partial charge is 0.382 e. The molecule has 1 aliphatic rings. The monoisotopic (exact) mass is 437 g/mol. The third-order valence-corrected chi connectivity index (χ3v) is 5.48. The Labute approximate surface area is 182 Å². The highest BCUT2D eigenvalue weighted by atomic mass is 19.1. The molecule has 4 N–H and O–H groups in total. The lowest BCUT2D eigenvalue weighted by molar-refractivity contribution is 0.123. The molecule has 0 saturated carbocycles. The molecule has 3 heterocycles.